The van der Waals surface area contributed by atoms with Crippen LogP contribution in [0.1, 0.15) is 44.6 Å². The molecular formula is C20H24N2O3. The smallest absolute Gasteiger partial charge is 0.329 e. The zero-order valence-corrected chi connectivity index (χ0v) is 14.5. The summed E-state index contributed by atoms with van der Waals surface area (Å²) in [7, 11) is 0. The van der Waals surface area contributed by atoms with Gasteiger partial charge in [-0.1, -0.05) is 37.6 Å². The van der Waals surface area contributed by atoms with Gasteiger partial charge in [-0.05, 0) is 43.2 Å². The molecule has 0 unspecified atom stereocenters. The van der Waals surface area contributed by atoms with E-state index in [0.29, 0.717) is 18.8 Å². The molecule has 1 aliphatic carbocycles. The molecule has 5 nitrogen and oxygen atoms in total. The molecule has 1 heterocycles. The third kappa shape index (κ3) is 3.65. The second-order valence-corrected chi connectivity index (χ2v) is 6.96. The number of carbonyl (C=O) groups excluding carboxylic acids is 1. The van der Waals surface area contributed by atoms with E-state index >= 15 is 0 Å². The van der Waals surface area contributed by atoms with E-state index < -0.39 is 11.5 Å². The first kappa shape index (κ1) is 17.4. The summed E-state index contributed by atoms with van der Waals surface area (Å²) in [4.78, 5) is 28.8. The number of carboxylic acid groups (broad SMARTS) is 1. The van der Waals surface area contributed by atoms with Crippen molar-refractivity contribution in [2.45, 2.75) is 51.0 Å². The van der Waals surface area contributed by atoms with E-state index in [2.05, 4.69) is 17.2 Å². The Morgan fingerprint density at radius 2 is 1.96 bits per heavy atom. The Hall–Kier alpha value is -2.43. The Morgan fingerprint density at radius 1 is 1.24 bits per heavy atom. The summed E-state index contributed by atoms with van der Waals surface area (Å²) in [5.41, 5.74) is 0.485. The summed E-state index contributed by atoms with van der Waals surface area (Å²) in [5, 5.41) is 13.5. The Balaban J connectivity index is 1.75. The molecule has 0 bridgehead atoms. The molecule has 25 heavy (non-hydrogen) atoms. The van der Waals surface area contributed by atoms with Crippen LogP contribution in [-0.4, -0.2) is 27.5 Å². The summed E-state index contributed by atoms with van der Waals surface area (Å²) >= 11 is 0. The van der Waals surface area contributed by atoms with Crippen molar-refractivity contribution in [1.29, 1.82) is 0 Å². The minimum atomic E-state index is -1.12. The second-order valence-electron chi connectivity index (χ2n) is 6.96. The van der Waals surface area contributed by atoms with Crippen LogP contribution in [0.15, 0.2) is 36.5 Å². The number of para-hydroxylation sites is 1. The number of nitrogens with one attached hydrogen (secondary N) is 1. The van der Waals surface area contributed by atoms with Crippen LogP contribution in [0.25, 0.3) is 10.9 Å². The van der Waals surface area contributed by atoms with E-state index in [1.54, 1.807) is 6.20 Å². The number of hydrogen-bond donors (Lipinski definition) is 2. The van der Waals surface area contributed by atoms with Gasteiger partial charge in [0.25, 0.3) is 0 Å². The summed E-state index contributed by atoms with van der Waals surface area (Å²) in [6.45, 7) is 2.13. The standard InChI is InChI=1S/C20H24N2O3/c1-2-14-8-10-20(11-9-14,19(24)25)22-17(23)13-16-6-3-5-15-7-4-12-21-18(15)16/h3-7,12,14H,2,8-11,13H2,1H3,(H,22,23)(H,24,25). The predicted molar refractivity (Wildman–Crippen MR) is 96.2 cm³/mol. The quantitative estimate of drug-likeness (QED) is 0.875. The van der Waals surface area contributed by atoms with Crippen molar-refractivity contribution in [2.75, 3.05) is 0 Å². The Bertz CT molecular complexity index is 774. The molecule has 0 saturated heterocycles. The van der Waals surface area contributed by atoms with Crippen LogP contribution in [0.5, 0.6) is 0 Å². The minimum Gasteiger partial charge on any atom is -0.480 e. The summed E-state index contributed by atoms with van der Waals surface area (Å²) in [5.74, 6) is -0.617. The van der Waals surface area contributed by atoms with E-state index in [1.165, 1.54) is 0 Å². The third-order valence-corrected chi connectivity index (χ3v) is 5.39. The van der Waals surface area contributed by atoms with Crippen molar-refractivity contribution in [1.82, 2.24) is 10.3 Å². The lowest BCUT2D eigenvalue weighted by atomic mass is 9.75. The molecule has 1 amide bonds. The highest BCUT2D eigenvalue weighted by Gasteiger charge is 2.42. The molecule has 3 rings (SSSR count). The molecule has 1 saturated carbocycles. The van der Waals surface area contributed by atoms with Crippen molar-refractivity contribution in [3.05, 3.63) is 42.1 Å². The Labute approximate surface area is 147 Å². The van der Waals surface area contributed by atoms with Crippen LogP contribution < -0.4 is 5.32 Å². The predicted octanol–water partition coefficient (Wildman–Crippen LogP) is 3.32. The summed E-state index contributed by atoms with van der Waals surface area (Å²) in [6.07, 6.45) is 5.60. The molecule has 2 aromatic rings. The van der Waals surface area contributed by atoms with E-state index in [-0.39, 0.29) is 12.3 Å². The molecule has 1 aromatic carbocycles. The fourth-order valence-electron chi connectivity index (χ4n) is 3.77. The fraction of sp³-hybridized carbons (Fsp3) is 0.450. The van der Waals surface area contributed by atoms with Crippen LogP contribution >= 0.6 is 0 Å². The average molecular weight is 340 g/mol. The zero-order valence-electron chi connectivity index (χ0n) is 14.5. The molecule has 2 N–H and O–H groups in total. The number of nitrogens with zero attached hydrogens (tertiary/aromatic N) is 1. The van der Waals surface area contributed by atoms with Gasteiger partial charge < -0.3 is 10.4 Å². The topological polar surface area (TPSA) is 79.3 Å². The van der Waals surface area contributed by atoms with E-state index in [1.807, 2.05) is 30.3 Å². The molecular weight excluding hydrogens is 316 g/mol. The van der Waals surface area contributed by atoms with Gasteiger partial charge in [-0.25, -0.2) is 4.79 Å². The number of carbonyl (C=O) groups is 2. The number of pyridine rings is 1. The minimum absolute atomic E-state index is 0.139. The average Bonchev–Trinajstić information content (AvgIpc) is 2.62. The van der Waals surface area contributed by atoms with Gasteiger partial charge in [-0.3, -0.25) is 9.78 Å². The van der Waals surface area contributed by atoms with Gasteiger partial charge in [0, 0.05) is 11.6 Å². The first-order valence-corrected chi connectivity index (χ1v) is 8.91. The molecule has 5 heteroatoms. The molecule has 1 aromatic heterocycles. The number of rotatable bonds is 5. The summed E-state index contributed by atoms with van der Waals surface area (Å²) in [6, 6.07) is 9.53. The maximum atomic E-state index is 12.6. The highest BCUT2D eigenvalue weighted by molar-refractivity contribution is 5.91. The maximum Gasteiger partial charge on any atom is 0.329 e. The fourth-order valence-corrected chi connectivity index (χ4v) is 3.77. The number of hydrogen-bond acceptors (Lipinski definition) is 3. The number of fused-ring (bicyclic) bond motifs is 1. The van der Waals surface area contributed by atoms with Gasteiger partial charge in [0.15, 0.2) is 0 Å². The largest absolute Gasteiger partial charge is 0.480 e. The van der Waals surface area contributed by atoms with E-state index in [0.717, 1.165) is 35.7 Å². The van der Waals surface area contributed by atoms with Gasteiger partial charge in [-0.15, -0.1) is 0 Å². The van der Waals surface area contributed by atoms with Gasteiger partial charge in [0.2, 0.25) is 5.91 Å². The number of carboxylic acids is 1. The maximum absolute atomic E-state index is 12.6. The van der Waals surface area contributed by atoms with Crippen LogP contribution in [0, 0.1) is 5.92 Å². The third-order valence-electron chi connectivity index (χ3n) is 5.39. The molecule has 132 valence electrons. The highest BCUT2D eigenvalue weighted by atomic mass is 16.4. The van der Waals surface area contributed by atoms with Crippen molar-refractivity contribution >= 4 is 22.8 Å². The Kier molecular flexibility index (Phi) is 5.02. The molecule has 0 spiro atoms. The monoisotopic (exact) mass is 340 g/mol. The van der Waals surface area contributed by atoms with Gasteiger partial charge in [0.05, 0.1) is 11.9 Å². The van der Waals surface area contributed by atoms with Crippen molar-refractivity contribution < 1.29 is 14.7 Å². The molecule has 0 atom stereocenters. The van der Waals surface area contributed by atoms with Crippen molar-refractivity contribution in [3.8, 4) is 0 Å². The molecule has 0 radical (unpaired) electrons. The molecule has 1 aliphatic rings. The second kappa shape index (κ2) is 7.21. The Morgan fingerprint density at radius 3 is 2.64 bits per heavy atom. The van der Waals surface area contributed by atoms with Crippen molar-refractivity contribution in [2.24, 2.45) is 5.92 Å². The molecule has 1 fully saturated rings. The summed E-state index contributed by atoms with van der Waals surface area (Å²) < 4.78 is 0. The number of aliphatic carboxylic acids is 1. The van der Waals surface area contributed by atoms with Gasteiger partial charge >= 0.3 is 5.97 Å². The lowest BCUT2D eigenvalue weighted by Crippen LogP contribution is -2.56. The van der Waals surface area contributed by atoms with Crippen LogP contribution in [0.2, 0.25) is 0 Å². The van der Waals surface area contributed by atoms with E-state index in [4.69, 9.17) is 0 Å². The lowest BCUT2D eigenvalue weighted by Gasteiger charge is -2.37. The molecule has 0 aliphatic heterocycles. The first-order chi connectivity index (χ1) is 12.0. The highest BCUT2D eigenvalue weighted by Crippen LogP contribution is 2.34. The lowest BCUT2D eigenvalue weighted by molar-refractivity contribution is -0.149. The van der Waals surface area contributed by atoms with Gasteiger partial charge in [0.1, 0.15) is 5.54 Å². The van der Waals surface area contributed by atoms with E-state index in [9.17, 15) is 14.7 Å². The van der Waals surface area contributed by atoms with Crippen LogP contribution in [0.4, 0.5) is 0 Å². The number of aromatic nitrogens is 1. The van der Waals surface area contributed by atoms with Crippen LogP contribution in [-0.2, 0) is 16.0 Å². The normalized spacial score (nSPS) is 23.3. The zero-order chi connectivity index (χ0) is 17.9. The van der Waals surface area contributed by atoms with Crippen LogP contribution in [0.3, 0.4) is 0 Å². The first-order valence-electron chi connectivity index (χ1n) is 8.91. The number of amides is 1. The number of benzene rings is 1. The van der Waals surface area contributed by atoms with Crippen molar-refractivity contribution in [3.63, 3.8) is 0 Å². The SMILES string of the molecule is CCC1CCC(NC(=O)Cc2cccc3cccnc23)(C(=O)O)CC1. The van der Waals surface area contributed by atoms with Gasteiger partial charge in [-0.2, -0.15) is 0 Å².